The minimum Gasteiger partial charge on any atom is -0.268 e. The van der Waals surface area contributed by atoms with Crippen molar-refractivity contribution < 1.29 is 9.72 Å². The van der Waals surface area contributed by atoms with Crippen LogP contribution in [0, 0.1) is 17.0 Å². The normalized spacial score (nSPS) is 15.9. The highest BCUT2D eigenvalue weighted by Gasteiger charge is 2.34. The van der Waals surface area contributed by atoms with Crippen molar-refractivity contribution in [1.82, 2.24) is 0 Å². The molecule has 126 valence electrons. The van der Waals surface area contributed by atoms with Gasteiger partial charge < -0.3 is 0 Å². The third-order valence-corrected chi connectivity index (χ3v) is 5.24. The molecule has 0 aliphatic carbocycles. The molecule has 0 saturated carbocycles. The Morgan fingerprint density at radius 2 is 2.00 bits per heavy atom. The van der Waals surface area contributed by atoms with Crippen LogP contribution in [-0.2, 0) is 4.79 Å². The first-order chi connectivity index (χ1) is 11.9. The van der Waals surface area contributed by atoms with Crippen molar-refractivity contribution in [2.75, 3.05) is 4.90 Å². The molecule has 0 N–H and O–H groups in total. The number of benzene rings is 2. The van der Waals surface area contributed by atoms with Crippen LogP contribution in [0.3, 0.4) is 0 Å². The molecule has 5 nitrogen and oxygen atoms in total. The lowest BCUT2D eigenvalue weighted by atomic mass is 10.1. The van der Waals surface area contributed by atoms with Crippen LogP contribution < -0.4 is 4.90 Å². The number of carbonyl (C=O) groups excluding carboxylic acids is 1. The van der Waals surface area contributed by atoms with E-state index in [2.05, 4.69) is 0 Å². The van der Waals surface area contributed by atoms with E-state index in [0.717, 1.165) is 23.0 Å². The van der Waals surface area contributed by atoms with Crippen LogP contribution in [0.5, 0.6) is 0 Å². The minimum atomic E-state index is -0.557. The summed E-state index contributed by atoms with van der Waals surface area (Å²) in [5.41, 5.74) is 1.98. The summed E-state index contributed by atoms with van der Waals surface area (Å²) in [4.78, 5) is 25.1. The van der Waals surface area contributed by atoms with Gasteiger partial charge in [-0.25, -0.2) is 0 Å². The van der Waals surface area contributed by atoms with Crippen molar-refractivity contribution in [3.05, 3.63) is 73.6 Å². The molecular weight excluding hydrogens is 380 g/mol. The van der Waals surface area contributed by atoms with Crippen molar-refractivity contribution in [3.8, 4) is 0 Å². The third kappa shape index (κ3) is 3.44. The molecule has 0 aromatic heterocycles. The van der Waals surface area contributed by atoms with Gasteiger partial charge in [0.05, 0.1) is 15.5 Å². The molecule has 3 rings (SSSR count). The van der Waals surface area contributed by atoms with Crippen LogP contribution in [0.25, 0.3) is 6.08 Å². The highest BCUT2D eigenvalue weighted by molar-refractivity contribution is 8.27. The zero-order valence-electron chi connectivity index (χ0n) is 12.9. The molecule has 2 aromatic carbocycles. The Bertz CT molecular complexity index is 943. The van der Waals surface area contributed by atoms with Crippen LogP contribution >= 0.6 is 35.6 Å². The molecule has 0 bridgehead atoms. The number of hydrogen-bond donors (Lipinski definition) is 0. The summed E-state index contributed by atoms with van der Waals surface area (Å²) in [6, 6.07) is 11.9. The van der Waals surface area contributed by atoms with Crippen LogP contribution in [0.1, 0.15) is 11.1 Å². The van der Waals surface area contributed by atoms with Gasteiger partial charge >= 0.3 is 0 Å². The zero-order valence-corrected chi connectivity index (χ0v) is 15.3. The predicted molar refractivity (Wildman–Crippen MR) is 105 cm³/mol. The van der Waals surface area contributed by atoms with E-state index in [-0.39, 0.29) is 16.6 Å². The molecule has 0 radical (unpaired) electrons. The van der Waals surface area contributed by atoms with E-state index in [0.29, 0.717) is 14.8 Å². The van der Waals surface area contributed by atoms with Crippen molar-refractivity contribution in [2.45, 2.75) is 6.92 Å². The van der Waals surface area contributed by atoms with Crippen LogP contribution in [0.15, 0.2) is 47.4 Å². The Hall–Kier alpha value is -2.22. The van der Waals surface area contributed by atoms with Gasteiger partial charge in [-0.2, -0.15) is 0 Å². The highest BCUT2D eigenvalue weighted by atomic mass is 35.5. The maximum Gasteiger partial charge on any atom is 0.288 e. The summed E-state index contributed by atoms with van der Waals surface area (Å²) in [5.74, 6) is -0.248. The molecule has 1 aliphatic rings. The fourth-order valence-electron chi connectivity index (χ4n) is 2.40. The van der Waals surface area contributed by atoms with Gasteiger partial charge in [-0.05, 0) is 36.3 Å². The number of nitrogens with zero attached hydrogens (tertiary/aromatic N) is 2. The predicted octanol–water partition coefficient (Wildman–Crippen LogP) is 4.96. The fourth-order valence-corrected chi connectivity index (χ4v) is 3.87. The van der Waals surface area contributed by atoms with Crippen molar-refractivity contribution >= 4 is 63.3 Å². The number of rotatable bonds is 3. The number of hydrogen-bond acceptors (Lipinski definition) is 5. The number of halogens is 1. The van der Waals surface area contributed by atoms with Gasteiger partial charge in [0.2, 0.25) is 0 Å². The molecule has 1 saturated heterocycles. The van der Waals surface area contributed by atoms with Crippen molar-refractivity contribution in [3.63, 3.8) is 0 Å². The fraction of sp³-hybridized carbons (Fsp3) is 0.0588. The second-order valence-corrected chi connectivity index (χ2v) is 7.35. The van der Waals surface area contributed by atoms with E-state index in [1.807, 2.05) is 31.2 Å². The number of anilines is 1. The number of nitro benzene ring substituents is 1. The first kappa shape index (κ1) is 17.6. The van der Waals surface area contributed by atoms with E-state index >= 15 is 0 Å². The second kappa shape index (κ2) is 6.95. The number of nitro groups is 1. The van der Waals surface area contributed by atoms with Gasteiger partial charge in [-0.3, -0.25) is 19.8 Å². The summed E-state index contributed by atoms with van der Waals surface area (Å²) >= 11 is 12.3. The summed E-state index contributed by atoms with van der Waals surface area (Å²) in [6.07, 6.45) is 1.58. The summed E-state index contributed by atoms with van der Waals surface area (Å²) in [7, 11) is 0. The Morgan fingerprint density at radius 3 is 2.68 bits per heavy atom. The van der Waals surface area contributed by atoms with Crippen molar-refractivity contribution in [2.24, 2.45) is 0 Å². The number of carbonyl (C=O) groups is 1. The Kier molecular flexibility index (Phi) is 4.89. The minimum absolute atomic E-state index is 0.0506. The molecule has 1 amide bonds. The number of thioether (sulfide) groups is 1. The average Bonchev–Trinajstić information content (AvgIpc) is 2.84. The Morgan fingerprint density at radius 1 is 1.28 bits per heavy atom. The summed E-state index contributed by atoms with van der Waals surface area (Å²) in [5, 5.41) is 11.1. The molecular formula is C17H11ClN2O3S2. The molecule has 2 aromatic rings. The van der Waals surface area contributed by atoms with E-state index in [1.165, 1.54) is 17.0 Å². The first-order valence-electron chi connectivity index (χ1n) is 7.16. The van der Waals surface area contributed by atoms with Gasteiger partial charge in [0.25, 0.3) is 11.6 Å². The topological polar surface area (TPSA) is 63.5 Å². The molecule has 0 spiro atoms. The molecule has 1 aliphatic heterocycles. The smallest absolute Gasteiger partial charge is 0.268 e. The third-order valence-electron chi connectivity index (χ3n) is 3.61. The molecule has 1 heterocycles. The highest BCUT2D eigenvalue weighted by Crippen LogP contribution is 2.37. The van der Waals surface area contributed by atoms with Gasteiger partial charge in [-0.1, -0.05) is 59.8 Å². The van der Waals surface area contributed by atoms with E-state index in [9.17, 15) is 14.9 Å². The molecule has 25 heavy (non-hydrogen) atoms. The number of amides is 1. The summed E-state index contributed by atoms with van der Waals surface area (Å²) < 4.78 is 0.425. The quantitative estimate of drug-likeness (QED) is 0.320. The SMILES string of the molecule is Cc1ccccc1N1C(=O)/C(=C\c2ccc(Cl)c([N+](=O)[O-])c2)SC1=S. The maximum absolute atomic E-state index is 12.7. The van der Waals surface area contributed by atoms with Gasteiger partial charge in [0, 0.05) is 6.07 Å². The zero-order chi connectivity index (χ0) is 18.1. The van der Waals surface area contributed by atoms with E-state index < -0.39 is 4.92 Å². The van der Waals surface area contributed by atoms with E-state index in [1.54, 1.807) is 12.1 Å². The lowest BCUT2D eigenvalue weighted by Gasteiger charge is -2.16. The number of aryl methyl sites for hydroxylation is 1. The van der Waals surface area contributed by atoms with E-state index in [4.69, 9.17) is 23.8 Å². The lowest BCUT2D eigenvalue weighted by Crippen LogP contribution is -2.28. The maximum atomic E-state index is 12.7. The van der Waals surface area contributed by atoms with Crippen LogP contribution in [-0.4, -0.2) is 15.2 Å². The Labute approximate surface area is 158 Å². The lowest BCUT2D eigenvalue weighted by molar-refractivity contribution is -0.384. The monoisotopic (exact) mass is 390 g/mol. The van der Waals surface area contributed by atoms with Crippen molar-refractivity contribution in [1.29, 1.82) is 0 Å². The molecule has 1 fully saturated rings. The first-order valence-corrected chi connectivity index (χ1v) is 8.76. The van der Waals surface area contributed by atoms with Gasteiger partial charge in [0.1, 0.15) is 5.02 Å². The molecule has 0 unspecified atom stereocenters. The standard InChI is InChI=1S/C17H11ClN2O3S2/c1-10-4-2-3-5-13(10)19-16(21)15(25-17(19)24)9-11-6-7-12(18)14(8-11)20(22)23/h2-9H,1H3/b15-9+. The molecule has 0 atom stereocenters. The average molecular weight is 391 g/mol. The largest absolute Gasteiger partial charge is 0.288 e. The van der Waals surface area contributed by atoms with Crippen LogP contribution in [0.2, 0.25) is 5.02 Å². The number of thiocarbonyl (C=S) groups is 1. The van der Waals surface area contributed by atoms with Crippen LogP contribution in [0.4, 0.5) is 11.4 Å². The molecule has 8 heteroatoms. The second-order valence-electron chi connectivity index (χ2n) is 5.27. The Balaban J connectivity index is 1.98. The number of para-hydroxylation sites is 1. The van der Waals surface area contributed by atoms with Gasteiger partial charge in [-0.15, -0.1) is 0 Å². The summed E-state index contributed by atoms with van der Waals surface area (Å²) in [6.45, 7) is 1.90. The van der Waals surface area contributed by atoms with Gasteiger partial charge in [0.15, 0.2) is 4.32 Å².